The Balaban J connectivity index is 1.01. The molecule has 2 heterocycles. The Bertz CT molecular complexity index is 2910. The highest BCUT2D eigenvalue weighted by Crippen LogP contribution is 2.32. The molecule has 8 aromatic rings. The molecule has 0 bridgehead atoms. The fraction of sp³-hybridized carbons (Fsp3) is 0.0769. The molecular formula is C52H38N6. The van der Waals surface area contributed by atoms with E-state index in [1.807, 2.05) is 36.4 Å². The molecule has 0 unspecified atom stereocenters. The Morgan fingerprint density at radius 3 is 1.31 bits per heavy atom. The zero-order chi connectivity index (χ0) is 38.7. The monoisotopic (exact) mass is 746 g/mol. The number of hydrogen-bond acceptors (Lipinski definition) is 6. The summed E-state index contributed by atoms with van der Waals surface area (Å²) in [5.74, 6) is 3.91. The minimum atomic E-state index is 0.616. The molecule has 6 nitrogen and oxygen atoms in total. The summed E-state index contributed by atoms with van der Waals surface area (Å²) in [4.78, 5) is 30.1. The van der Waals surface area contributed by atoms with Gasteiger partial charge in [0.15, 0.2) is 34.9 Å². The van der Waals surface area contributed by atoms with E-state index >= 15 is 0 Å². The maximum atomic E-state index is 5.06. The van der Waals surface area contributed by atoms with Crippen molar-refractivity contribution < 1.29 is 0 Å². The lowest BCUT2D eigenvalue weighted by molar-refractivity contribution is 0.978. The second-order valence-electron chi connectivity index (χ2n) is 14.6. The van der Waals surface area contributed by atoms with Crippen molar-refractivity contribution >= 4 is 21.9 Å². The van der Waals surface area contributed by atoms with Crippen molar-refractivity contribution in [1.82, 2.24) is 29.9 Å². The van der Waals surface area contributed by atoms with Gasteiger partial charge in [-0.1, -0.05) is 170 Å². The third-order valence-corrected chi connectivity index (χ3v) is 10.7. The number of allylic oxidation sites excluding steroid dienone is 8. The molecule has 6 aromatic carbocycles. The van der Waals surface area contributed by atoms with Crippen LogP contribution in [0.25, 0.3) is 90.0 Å². The number of rotatable bonds is 8. The predicted molar refractivity (Wildman–Crippen MR) is 236 cm³/mol. The average molecular weight is 747 g/mol. The number of benzene rings is 6. The van der Waals surface area contributed by atoms with E-state index in [1.54, 1.807) is 0 Å². The van der Waals surface area contributed by atoms with Crippen LogP contribution in [0.1, 0.15) is 37.1 Å². The fourth-order valence-corrected chi connectivity index (χ4v) is 7.52. The molecular weight excluding hydrogens is 709 g/mol. The van der Waals surface area contributed by atoms with Gasteiger partial charge in [0.1, 0.15) is 0 Å². The summed E-state index contributed by atoms with van der Waals surface area (Å²) in [5.41, 5.74) is 10.5. The molecule has 276 valence electrons. The van der Waals surface area contributed by atoms with Gasteiger partial charge in [-0.25, -0.2) is 29.9 Å². The SMILES string of the molecule is C1=CCCC(c2nc(-c3ccc(C4=CCCC=C4)cc3)nc(-c3ccc4cc(-c5nc(-c6ccccc6)nc(-c6ccc(-c7ccccc7)cc6)n5)ccc4c3)n2)=C1. The lowest BCUT2D eigenvalue weighted by Crippen LogP contribution is -2.04. The van der Waals surface area contributed by atoms with E-state index in [-0.39, 0.29) is 0 Å². The van der Waals surface area contributed by atoms with Crippen LogP contribution in [0.15, 0.2) is 182 Å². The van der Waals surface area contributed by atoms with E-state index in [0.717, 1.165) is 81.2 Å². The topological polar surface area (TPSA) is 77.3 Å². The van der Waals surface area contributed by atoms with Gasteiger partial charge in [0, 0.05) is 27.8 Å². The van der Waals surface area contributed by atoms with Gasteiger partial charge in [0.25, 0.3) is 0 Å². The van der Waals surface area contributed by atoms with Gasteiger partial charge in [-0.2, -0.15) is 0 Å². The minimum Gasteiger partial charge on any atom is -0.209 e. The molecule has 0 saturated heterocycles. The average Bonchev–Trinajstić information content (AvgIpc) is 3.32. The third kappa shape index (κ3) is 7.31. The largest absolute Gasteiger partial charge is 0.209 e. The van der Waals surface area contributed by atoms with Crippen LogP contribution < -0.4 is 0 Å². The first kappa shape index (κ1) is 35.0. The van der Waals surface area contributed by atoms with Gasteiger partial charge in [0.2, 0.25) is 0 Å². The molecule has 2 aliphatic carbocycles. The Labute approximate surface area is 337 Å². The zero-order valence-electron chi connectivity index (χ0n) is 31.8. The Morgan fingerprint density at radius 2 is 0.793 bits per heavy atom. The third-order valence-electron chi connectivity index (χ3n) is 10.7. The first-order valence-corrected chi connectivity index (χ1v) is 19.8. The molecule has 0 N–H and O–H groups in total. The highest BCUT2D eigenvalue weighted by molar-refractivity contribution is 5.90. The number of nitrogens with zero attached hydrogens (tertiary/aromatic N) is 6. The van der Waals surface area contributed by atoms with Gasteiger partial charge in [-0.3, -0.25) is 0 Å². The van der Waals surface area contributed by atoms with Gasteiger partial charge in [-0.05, 0) is 76.4 Å². The van der Waals surface area contributed by atoms with Gasteiger partial charge in [-0.15, -0.1) is 0 Å². The van der Waals surface area contributed by atoms with Crippen LogP contribution in [0.2, 0.25) is 0 Å². The highest BCUT2D eigenvalue weighted by atomic mass is 15.0. The molecule has 2 aromatic heterocycles. The highest BCUT2D eigenvalue weighted by Gasteiger charge is 2.17. The second kappa shape index (κ2) is 15.6. The molecule has 0 amide bonds. The van der Waals surface area contributed by atoms with Crippen LogP contribution in [-0.4, -0.2) is 29.9 Å². The molecule has 0 spiro atoms. The maximum Gasteiger partial charge on any atom is 0.164 e. The van der Waals surface area contributed by atoms with Crippen LogP contribution in [0, 0.1) is 0 Å². The predicted octanol–water partition coefficient (Wildman–Crippen LogP) is 12.7. The van der Waals surface area contributed by atoms with Crippen molar-refractivity contribution in [3.05, 3.63) is 193 Å². The van der Waals surface area contributed by atoms with Crippen molar-refractivity contribution in [1.29, 1.82) is 0 Å². The number of fused-ring (bicyclic) bond motifs is 1. The van der Waals surface area contributed by atoms with E-state index in [9.17, 15) is 0 Å². The Kier molecular flexibility index (Phi) is 9.41. The van der Waals surface area contributed by atoms with Crippen LogP contribution in [0.3, 0.4) is 0 Å². The van der Waals surface area contributed by atoms with Crippen molar-refractivity contribution in [2.24, 2.45) is 0 Å². The quantitative estimate of drug-likeness (QED) is 0.154. The molecule has 10 rings (SSSR count). The normalized spacial score (nSPS) is 13.7. The van der Waals surface area contributed by atoms with E-state index in [1.165, 1.54) is 16.7 Å². The summed E-state index contributed by atoms with van der Waals surface area (Å²) in [6.45, 7) is 0. The lowest BCUT2D eigenvalue weighted by atomic mass is 9.98. The Hall–Kier alpha value is -7.44. The maximum absolute atomic E-state index is 5.06. The van der Waals surface area contributed by atoms with E-state index < -0.39 is 0 Å². The number of aromatic nitrogens is 6. The summed E-state index contributed by atoms with van der Waals surface area (Å²) in [5, 5.41) is 2.13. The van der Waals surface area contributed by atoms with Crippen LogP contribution in [-0.2, 0) is 0 Å². The van der Waals surface area contributed by atoms with Crippen LogP contribution >= 0.6 is 0 Å². The molecule has 0 aliphatic heterocycles. The summed E-state index contributed by atoms with van der Waals surface area (Å²) < 4.78 is 0. The first-order chi connectivity index (χ1) is 28.7. The van der Waals surface area contributed by atoms with Gasteiger partial charge >= 0.3 is 0 Å². The molecule has 0 radical (unpaired) electrons. The molecule has 0 saturated carbocycles. The molecule has 2 aliphatic rings. The minimum absolute atomic E-state index is 0.616. The van der Waals surface area contributed by atoms with Crippen molar-refractivity contribution in [2.45, 2.75) is 25.7 Å². The molecule has 58 heavy (non-hydrogen) atoms. The van der Waals surface area contributed by atoms with Crippen LogP contribution in [0.4, 0.5) is 0 Å². The lowest BCUT2D eigenvalue weighted by Gasteiger charge is -2.13. The fourth-order valence-electron chi connectivity index (χ4n) is 7.52. The Morgan fingerprint density at radius 1 is 0.345 bits per heavy atom. The second-order valence-corrected chi connectivity index (χ2v) is 14.6. The van der Waals surface area contributed by atoms with Gasteiger partial charge in [0.05, 0.1) is 0 Å². The number of hydrogen-bond donors (Lipinski definition) is 0. The standard InChI is InChI=1S/C52H38N6/c1-5-13-35(14-6-1)37-21-25-41(26-22-37)49-53-47(39-17-9-3-10-18-39)55-51(57-49)45-31-29-44-34-46(32-30-43(44)33-45)52-56-48(40-19-11-4-12-20-40)54-50(58-52)42-27-23-38(24-28-42)36-15-7-2-8-16-36/h1,3-7,9-11,13-19,21-34H,2,8,12,20H2. The first-order valence-electron chi connectivity index (χ1n) is 19.8. The van der Waals surface area contributed by atoms with Crippen molar-refractivity contribution in [2.75, 3.05) is 0 Å². The van der Waals surface area contributed by atoms with Crippen molar-refractivity contribution in [3.63, 3.8) is 0 Å². The van der Waals surface area contributed by atoms with Crippen molar-refractivity contribution in [3.8, 4) is 68.1 Å². The zero-order valence-corrected chi connectivity index (χ0v) is 31.8. The van der Waals surface area contributed by atoms with Gasteiger partial charge < -0.3 is 0 Å². The molecule has 0 fully saturated rings. The van der Waals surface area contributed by atoms with Crippen LogP contribution in [0.5, 0.6) is 0 Å². The van der Waals surface area contributed by atoms with E-state index in [4.69, 9.17) is 29.9 Å². The summed E-state index contributed by atoms with van der Waals surface area (Å²) >= 11 is 0. The molecule has 0 atom stereocenters. The summed E-state index contributed by atoms with van der Waals surface area (Å²) in [6.07, 6.45) is 17.2. The smallest absolute Gasteiger partial charge is 0.164 e. The summed E-state index contributed by atoms with van der Waals surface area (Å²) in [6, 6.07) is 50.2. The summed E-state index contributed by atoms with van der Waals surface area (Å²) in [7, 11) is 0. The molecule has 6 heteroatoms. The van der Waals surface area contributed by atoms with E-state index in [0.29, 0.717) is 29.1 Å². The van der Waals surface area contributed by atoms with E-state index in [2.05, 4.69) is 146 Å².